The molecule has 0 aromatic carbocycles. The van der Waals surface area contributed by atoms with Crippen LogP contribution in [0, 0.1) is 5.92 Å². The Balaban J connectivity index is 0.000000292. The van der Waals surface area contributed by atoms with Gasteiger partial charge in [-0.1, -0.05) is 12.8 Å². The summed E-state index contributed by atoms with van der Waals surface area (Å²) < 4.78 is 0. The predicted octanol–water partition coefficient (Wildman–Crippen LogP) is 0.962. The third kappa shape index (κ3) is 4.36. The molecule has 4 heteroatoms. The second-order valence-corrected chi connectivity index (χ2v) is 2.43. The van der Waals surface area contributed by atoms with E-state index in [1.54, 1.807) is 0 Å². The predicted molar refractivity (Wildman–Crippen MR) is 38.3 cm³/mol. The first-order valence-electron chi connectivity index (χ1n) is 3.53. The maximum absolute atomic E-state index is 10.2. The molecule has 0 unspecified atom stereocenters. The van der Waals surface area contributed by atoms with Crippen LogP contribution >= 0.6 is 0 Å². The van der Waals surface area contributed by atoms with E-state index in [0.717, 1.165) is 25.7 Å². The zero-order valence-corrected chi connectivity index (χ0v) is 6.19. The lowest BCUT2D eigenvalue weighted by atomic mass is 10.1. The normalized spacial score (nSPS) is 16.7. The average Bonchev–Trinajstić information content (AvgIpc) is 2.38. The topological polar surface area (TPSA) is 74.6 Å². The number of hydrogen-bond donors (Lipinski definition) is 2. The van der Waals surface area contributed by atoms with Crippen molar-refractivity contribution in [1.82, 2.24) is 0 Å². The van der Waals surface area contributed by atoms with Crippen LogP contribution in [0.25, 0.3) is 0 Å². The van der Waals surface area contributed by atoms with Gasteiger partial charge in [-0.25, -0.2) is 0 Å². The number of rotatable bonds is 1. The van der Waals surface area contributed by atoms with E-state index in [0.29, 0.717) is 0 Å². The van der Waals surface area contributed by atoms with Gasteiger partial charge in [-0.3, -0.25) is 9.59 Å². The van der Waals surface area contributed by atoms with E-state index in [1.165, 1.54) is 0 Å². The Hall–Kier alpha value is -1.06. The summed E-state index contributed by atoms with van der Waals surface area (Å²) in [6, 6.07) is 0. The zero-order valence-electron chi connectivity index (χ0n) is 6.19. The van der Waals surface area contributed by atoms with Gasteiger partial charge in [-0.05, 0) is 12.8 Å². The van der Waals surface area contributed by atoms with Gasteiger partial charge in [-0.2, -0.15) is 0 Å². The molecule has 0 atom stereocenters. The Morgan fingerprint density at radius 3 is 1.91 bits per heavy atom. The molecule has 2 N–H and O–H groups in total. The van der Waals surface area contributed by atoms with Crippen LogP contribution in [0.2, 0.25) is 0 Å². The van der Waals surface area contributed by atoms with E-state index in [-0.39, 0.29) is 12.4 Å². The first-order valence-corrected chi connectivity index (χ1v) is 3.53. The third-order valence-electron chi connectivity index (χ3n) is 1.70. The van der Waals surface area contributed by atoms with Gasteiger partial charge in [0, 0.05) is 0 Å². The fourth-order valence-electron chi connectivity index (χ4n) is 1.17. The highest BCUT2D eigenvalue weighted by molar-refractivity contribution is 5.70. The van der Waals surface area contributed by atoms with Gasteiger partial charge in [0.15, 0.2) is 0 Å². The summed E-state index contributed by atoms with van der Waals surface area (Å²) in [4.78, 5) is 18.6. The summed E-state index contributed by atoms with van der Waals surface area (Å²) in [5.74, 6) is -0.627. The Kier molecular flexibility index (Phi) is 5.15. The van der Waals surface area contributed by atoms with E-state index in [1.807, 2.05) is 0 Å². The van der Waals surface area contributed by atoms with Gasteiger partial charge < -0.3 is 10.2 Å². The summed E-state index contributed by atoms with van der Waals surface area (Å²) in [5, 5.41) is 15.3. The number of hydrogen-bond acceptors (Lipinski definition) is 2. The molecule has 0 aromatic heterocycles. The molecule has 0 aromatic rings. The number of aliphatic carboxylic acids is 1. The van der Waals surface area contributed by atoms with E-state index in [2.05, 4.69) is 0 Å². The molecule has 0 amide bonds. The summed E-state index contributed by atoms with van der Waals surface area (Å²) in [7, 11) is 0. The lowest BCUT2D eigenvalue weighted by molar-refractivity contribution is -0.141. The van der Waals surface area contributed by atoms with Crippen LogP contribution in [-0.2, 0) is 9.59 Å². The van der Waals surface area contributed by atoms with E-state index >= 15 is 0 Å². The highest BCUT2D eigenvalue weighted by Gasteiger charge is 2.20. The van der Waals surface area contributed by atoms with Crippen molar-refractivity contribution < 1.29 is 19.8 Å². The summed E-state index contributed by atoms with van der Waals surface area (Å²) >= 11 is 0. The molecule has 0 heterocycles. The van der Waals surface area contributed by atoms with Crippen molar-refractivity contribution in [2.45, 2.75) is 25.7 Å². The Morgan fingerprint density at radius 2 is 1.73 bits per heavy atom. The molecule has 0 saturated heterocycles. The largest absolute Gasteiger partial charge is 0.483 e. The molecule has 11 heavy (non-hydrogen) atoms. The summed E-state index contributed by atoms with van der Waals surface area (Å²) in [5.41, 5.74) is 0. The van der Waals surface area contributed by atoms with Crippen molar-refractivity contribution in [2.24, 2.45) is 5.92 Å². The molecule has 1 rings (SSSR count). The second kappa shape index (κ2) is 5.70. The number of carboxylic acids is 1. The first kappa shape index (κ1) is 9.94. The first-order chi connectivity index (χ1) is 5.22. The highest BCUT2D eigenvalue weighted by Crippen LogP contribution is 2.24. The quantitative estimate of drug-likeness (QED) is 0.560. The number of carboxylic acid groups (broad SMARTS) is 2. The van der Waals surface area contributed by atoms with Gasteiger partial charge in [-0.15, -0.1) is 0 Å². The minimum absolute atomic E-state index is 0.0185. The van der Waals surface area contributed by atoms with Crippen molar-refractivity contribution >= 4 is 12.4 Å². The van der Waals surface area contributed by atoms with E-state index in [9.17, 15) is 4.79 Å². The van der Waals surface area contributed by atoms with Crippen molar-refractivity contribution in [2.75, 3.05) is 0 Å². The molecule has 1 aliphatic carbocycles. The van der Waals surface area contributed by atoms with Gasteiger partial charge >= 0.3 is 5.97 Å². The molecular weight excluding hydrogens is 148 g/mol. The fourth-order valence-corrected chi connectivity index (χ4v) is 1.17. The average molecular weight is 160 g/mol. The molecule has 4 nitrogen and oxygen atoms in total. The molecule has 1 aliphatic rings. The van der Waals surface area contributed by atoms with Crippen LogP contribution in [0.15, 0.2) is 0 Å². The zero-order chi connectivity index (χ0) is 8.69. The smallest absolute Gasteiger partial charge is 0.306 e. The van der Waals surface area contributed by atoms with Crippen molar-refractivity contribution in [3.63, 3.8) is 0 Å². The molecule has 0 aliphatic heterocycles. The molecule has 0 spiro atoms. The minimum Gasteiger partial charge on any atom is -0.483 e. The number of carbonyl (C=O) groups is 2. The molecule has 0 radical (unpaired) electrons. The second-order valence-electron chi connectivity index (χ2n) is 2.43. The Labute approximate surface area is 64.8 Å². The van der Waals surface area contributed by atoms with Gasteiger partial charge in [0.1, 0.15) is 0 Å². The van der Waals surface area contributed by atoms with Crippen LogP contribution in [0.4, 0.5) is 0 Å². The third-order valence-corrected chi connectivity index (χ3v) is 1.70. The summed E-state index contributed by atoms with van der Waals surface area (Å²) in [6.45, 7) is -0.250. The standard InChI is InChI=1S/C6H10O2.CH2O2/c7-6(8)5-3-1-2-4-5;2-1-3/h5H,1-4H2,(H,7,8);1H,(H,2,3). The van der Waals surface area contributed by atoms with Crippen LogP contribution in [-0.4, -0.2) is 22.7 Å². The van der Waals surface area contributed by atoms with Crippen LogP contribution < -0.4 is 0 Å². The van der Waals surface area contributed by atoms with Crippen molar-refractivity contribution in [1.29, 1.82) is 0 Å². The maximum Gasteiger partial charge on any atom is 0.306 e. The molecule has 1 fully saturated rings. The SMILES string of the molecule is O=C(O)C1CCCC1.O=CO. The lowest BCUT2D eigenvalue weighted by Gasteiger charge is -1.97. The van der Waals surface area contributed by atoms with Gasteiger partial charge in [0.25, 0.3) is 6.47 Å². The van der Waals surface area contributed by atoms with E-state index in [4.69, 9.17) is 15.0 Å². The van der Waals surface area contributed by atoms with Crippen LogP contribution in [0.1, 0.15) is 25.7 Å². The van der Waals surface area contributed by atoms with Crippen LogP contribution in [0.3, 0.4) is 0 Å². The lowest BCUT2D eigenvalue weighted by Crippen LogP contribution is -2.07. The maximum atomic E-state index is 10.2. The summed E-state index contributed by atoms with van der Waals surface area (Å²) in [6.07, 6.45) is 4.01. The van der Waals surface area contributed by atoms with Crippen molar-refractivity contribution in [3.8, 4) is 0 Å². The Bertz CT molecular complexity index is 126. The monoisotopic (exact) mass is 160 g/mol. The van der Waals surface area contributed by atoms with Crippen LogP contribution in [0.5, 0.6) is 0 Å². The van der Waals surface area contributed by atoms with E-state index < -0.39 is 5.97 Å². The molecule has 1 saturated carbocycles. The highest BCUT2D eigenvalue weighted by atomic mass is 16.4. The fraction of sp³-hybridized carbons (Fsp3) is 0.714. The molecule has 64 valence electrons. The van der Waals surface area contributed by atoms with Gasteiger partial charge in [0.2, 0.25) is 0 Å². The molecular formula is C7H12O4. The van der Waals surface area contributed by atoms with Crippen molar-refractivity contribution in [3.05, 3.63) is 0 Å². The minimum atomic E-state index is -0.609. The van der Waals surface area contributed by atoms with Gasteiger partial charge in [0.05, 0.1) is 5.92 Å². The molecule has 0 bridgehead atoms. The Morgan fingerprint density at radius 1 is 1.36 bits per heavy atom.